The highest BCUT2D eigenvalue weighted by Crippen LogP contribution is 2.30. The molecule has 22 heavy (non-hydrogen) atoms. The Morgan fingerprint density at radius 3 is 2.05 bits per heavy atom. The smallest absolute Gasteiger partial charge is 0.138 e. The summed E-state index contributed by atoms with van der Waals surface area (Å²) in [5.41, 5.74) is -0.246. The summed E-state index contributed by atoms with van der Waals surface area (Å²) in [6, 6.07) is 0. The van der Waals surface area contributed by atoms with Crippen molar-refractivity contribution in [2.24, 2.45) is 17.3 Å². The van der Waals surface area contributed by atoms with Gasteiger partial charge in [0.05, 0.1) is 6.10 Å². The number of carbonyl (C=O) groups is 1. The van der Waals surface area contributed by atoms with Crippen molar-refractivity contribution in [2.45, 2.75) is 105 Å². The van der Waals surface area contributed by atoms with Gasteiger partial charge in [-0.1, -0.05) is 73.1 Å². The minimum Gasteiger partial charge on any atom is -0.393 e. The highest BCUT2D eigenvalue weighted by molar-refractivity contribution is 5.83. The van der Waals surface area contributed by atoms with Crippen molar-refractivity contribution in [3.63, 3.8) is 0 Å². The van der Waals surface area contributed by atoms with Crippen LogP contribution in [-0.4, -0.2) is 17.0 Å². The van der Waals surface area contributed by atoms with Crippen molar-refractivity contribution in [2.75, 3.05) is 0 Å². The maximum atomic E-state index is 12.4. The van der Waals surface area contributed by atoms with E-state index in [0.717, 1.165) is 12.8 Å². The molecule has 0 saturated carbocycles. The maximum Gasteiger partial charge on any atom is 0.138 e. The molecule has 0 fully saturated rings. The van der Waals surface area contributed by atoms with E-state index in [1.165, 1.54) is 38.5 Å². The van der Waals surface area contributed by atoms with E-state index in [9.17, 15) is 9.90 Å². The van der Waals surface area contributed by atoms with E-state index >= 15 is 0 Å². The van der Waals surface area contributed by atoms with Gasteiger partial charge in [0.15, 0.2) is 0 Å². The lowest BCUT2D eigenvalue weighted by atomic mass is 9.77. The largest absolute Gasteiger partial charge is 0.393 e. The van der Waals surface area contributed by atoms with Crippen LogP contribution in [0, 0.1) is 17.3 Å². The SMILES string of the molecule is CCCCCCCC[C@@H](CC(=O)C(C)(C)C)[C@H](C)C[C@@H](C)O. The number of hydrogen-bond acceptors (Lipinski definition) is 2. The molecule has 0 aromatic carbocycles. The molecule has 0 aliphatic rings. The molecule has 0 aromatic rings. The van der Waals surface area contributed by atoms with E-state index in [-0.39, 0.29) is 11.5 Å². The standard InChI is InChI=1S/C20H40O2/c1-7-8-9-10-11-12-13-18(16(2)14-17(3)21)15-19(22)20(4,5)6/h16-18,21H,7-15H2,1-6H3/t16-,17-,18+/m1/s1. The van der Waals surface area contributed by atoms with Gasteiger partial charge >= 0.3 is 0 Å². The number of hydrogen-bond donors (Lipinski definition) is 1. The Balaban J connectivity index is 4.37. The molecule has 2 nitrogen and oxygen atoms in total. The van der Waals surface area contributed by atoms with Crippen LogP contribution in [0.4, 0.5) is 0 Å². The third-order valence-corrected chi connectivity index (χ3v) is 4.73. The number of Topliss-reactive ketones (excluding diaryl/α,β-unsaturated/α-hetero) is 1. The first kappa shape index (κ1) is 21.6. The summed E-state index contributed by atoms with van der Waals surface area (Å²) in [5, 5.41) is 9.65. The van der Waals surface area contributed by atoms with Crippen LogP contribution in [0.5, 0.6) is 0 Å². The first-order valence-electron chi connectivity index (χ1n) is 9.39. The van der Waals surface area contributed by atoms with Gasteiger partial charge in [-0.05, 0) is 31.6 Å². The van der Waals surface area contributed by atoms with Crippen molar-refractivity contribution in [1.82, 2.24) is 0 Å². The van der Waals surface area contributed by atoms with Gasteiger partial charge in [0.1, 0.15) is 5.78 Å². The predicted molar refractivity (Wildman–Crippen MR) is 96.0 cm³/mol. The third kappa shape index (κ3) is 10.4. The third-order valence-electron chi connectivity index (χ3n) is 4.73. The van der Waals surface area contributed by atoms with Crippen LogP contribution in [0.3, 0.4) is 0 Å². The summed E-state index contributed by atoms with van der Waals surface area (Å²) in [4.78, 5) is 12.4. The predicted octanol–water partition coefficient (Wildman–Crippen LogP) is 5.77. The fourth-order valence-corrected chi connectivity index (χ4v) is 3.05. The number of rotatable bonds is 12. The van der Waals surface area contributed by atoms with Crippen LogP contribution >= 0.6 is 0 Å². The van der Waals surface area contributed by atoms with Crippen molar-refractivity contribution in [1.29, 1.82) is 0 Å². The Morgan fingerprint density at radius 2 is 1.55 bits per heavy atom. The Labute approximate surface area is 139 Å². The molecule has 3 atom stereocenters. The fourth-order valence-electron chi connectivity index (χ4n) is 3.05. The molecule has 0 saturated heterocycles. The van der Waals surface area contributed by atoms with Crippen LogP contribution in [-0.2, 0) is 4.79 Å². The zero-order valence-electron chi connectivity index (χ0n) is 16.0. The van der Waals surface area contributed by atoms with Crippen LogP contribution in [0.2, 0.25) is 0 Å². The van der Waals surface area contributed by atoms with Crippen molar-refractivity contribution in [3.05, 3.63) is 0 Å². The normalized spacial score (nSPS) is 16.3. The van der Waals surface area contributed by atoms with E-state index < -0.39 is 0 Å². The van der Waals surface area contributed by atoms with Gasteiger partial charge in [0.25, 0.3) is 0 Å². The van der Waals surface area contributed by atoms with Crippen molar-refractivity contribution >= 4 is 5.78 Å². The van der Waals surface area contributed by atoms with E-state index in [4.69, 9.17) is 0 Å². The average molecular weight is 313 g/mol. The molecule has 0 heterocycles. The Morgan fingerprint density at radius 1 is 1.00 bits per heavy atom. The minimum atomic E-state index is -0.271. The maximum absolute atomic E-state index is 12.4. The lowest BCUT2D eigenvalue weighted by Crippen LogP contribution is -2.26. The van der Waals surface area contributed by atoms with Gasteiger partial charge < -0.3 is 5.11 Å². The second-order valence-corrected chi connectivity index (χ2v) is 8.26. The fraction of sp³-hybridized carbons (Fsp3) is 0.950. The Hall–Kier alpha value is -0.370. The van der Waals surface area contributed by atoms with Gasteiger partial charge in [-0.25, -0.2) is 0 Å². The van der Waals surface area contributed by atoms with Gasteiger partial charge in [-0.3, -0.25) is 4.79 Å². The van der Waals surface area contributed by atoms with E-state index in [2.05, 4.69) is 13.8 Å². The van der Waals surface area contributed by atoms with E-state index in [1.807, 2.05) is 27.7 Å². The quantitative estimate of drug-likeness (QED) is 0.465. The molecule has 0 aliphatic heterocycles. The summed E-state index contributed by atoms with van der Waals surface area (Å²) in [6.45, 7) is 12.3. The molecule has 0 bridgehead atoms. The zero-order valence-corrected chi connectivity index (χ0v) is 16.0. The van der Waals surface area contributed by atoms with Gasteiger partial charge in [-0.15, -0.1) is 0 Å². The molecule has 0 spiro atoms. The summed E-state index contributed by atoms with van der Waals surface area (Å²) in [6.07, 6.45) is 10.1. The molecule has 132 valence electrons. The van der Waals surface area contributed by atoms with E-state index in [1.54, 1.807) is 0 Å². The molecular formula is C20H40O2. The molecule has 0 rings (SSSR count). The molecule has 0 aromatic heterocycles. The highest BCUT2D eigenvalue weighted by Gasteiger charge is 2.27. The van der Waals surface area contributed by atoms with E-state index in [0.29, 0.717) is 24.0 Å². The van der Waals surface area contributed by atoms with Gasteiger partial charge in [-0.2, -0.15) is 0 Å². The summed E-state index contributed by atoms with van der Waals surface area (Å²) >= 11 is 0. The first-order chi connectivity index (χ1) is 10.2. The molecule has 0 radical (unpaired) electrons. The van der Waals surface area contributed by atoms with Crippen LogP contribution in [0.15, 0.2) is 0 Å². The summed E-state index contributed by atoms with van der Waals surface area (Å²) < 4.78 is 0. The lowest BCUT2D eigenvalue weighted by molar-refractivity contribution is -0.127. The molecule has 0 aliphatic carbocycles. The molecule has 0 amide bonds. The first-order valence-corrected chi connectivity index (χ1v) is 9.39. The second kappa shape index (κ2) is 11.2. The Bertz CT molecular complexity index is 289. The average Bonchev–Trinajstić information content (AvgIpc) is 2.39. The van der Waals surface area contributed by atoms with Crippen LogP contribution < -0.4 is 0 Å². The van der Waals surface area contributed by atoms with Gasteiger partial charge in [0, 0.05) is 11.8 Å². The minimum absolute atomic E-state index is 0.246. The number of aliphatic hydroxyl groups is 1. The lowest BCUT2D eigenvalue weighted by Gasteiger charge is -2.27. The van der Waals surface area contributed by atoms with Crippen molar-refractivity contribution in [3.8, 4) is 0 Å². The number of unbranched alkanes of at least 4 members (excludes halogenated alkanes) is 5. The Kier molecular flexibility index (Phi) is 11.0. The molecular weight excluding hydrogens is 272 g/mol. The highest BCUT2D eigenvalue weighted by atomic mass is 16.3. The van der Waals surface area contributed by atoms with Gasteiger partial charge in [0.2, 0.25) is 0 Å². The number of aliphatic hydroxyl groups excluding tert-OH is 1. The number of ketones is 1. The van der Waals surface area contributed by atoms with Crippen molar-refractivity contribution < 1.29 is 9.90 Å². The summed E-state index contributed by atoms with van der Waals surface area (Å²) in [7, 11) is 0. The van der Waals surface area contributed by atoms with Crippen LogP contribution in [0.1, 0.15) is 99.3 Å². The topological polar surface area (TPSA) is 37.3 Å². The monoisotopic (exact) mass is 312 g/mol. The molecule has 1 N–H and O–H groups in total. The van der Waals surface area contributed by atoms with Crippen LogP contribution in [0.25, 0.3) is 0 Å². The number of carbonyl (C=O) groups excluding carboxylic acids is 1. The molecule has 2 heteroatoms. The zero-order chi connectivity index (χ0) is 17.2. The summed E-state index contributed by atoms with van der Waals surface area (Å²) in [5.74, 6) is 1.20. The second-order valence-electron chi connectivity index (χ2n) is 8.26. The molecule has 0 unspecified atom stereocenters.